The van der Waals surface area contributed by atoms with Gasteiger partial charge in [0.05, 0.1) is 0 Å². The van der Waals surface area contributed by atoms with Gasteiger partial charge < -0.3 is 11.1 Å². The molecule has 0 aliphatic carbocycles. The van der Waals surface area contributed by atoms with Crippen LogP contribution in [0.2, 0.25) is 0 Å². The van der Waals surface area contributed by atoms with Crippen molar-refractivity contribution in [2.24, 2.45) is 11.7 Å². The Kier molecular flexibility index (Phi) is 4.97. The van der Waals surface area contributed by atoms with Gasteiger partial charge in [0.15, 0.2) is 11.6 Å². The minimum Gasteiger partial charge on any atom is -0.368 e. The molecule has 0 aliphatic rings. The predicted octanol–water partition coefficient (Wildman–Crippen LogP) is 1.59. The van der Waals surface area contributed by atoms with Crippen LogP contribution in [0, 0.1) is 17.6 Å². The van der Waals surface area contributed by atoms with Crippen LogP contribution in [0.1, 0.15) is 30.6 Å². The molecule has 2 atom stereocenters. The highest BCUT2D eigenvalue weighted by molar-refractivity contribution is 5.97. The van der Waals surface area contributed by atoms with Crippen molar-refractivity contribution in [2.45, 2.75) is 26.3 Å². The van der Waals surface area contributed by atoms with Crippen molar-refractivity contribution >= 4 is 11.8 Å². The zero-order valence-corrected chi connectivity index (χ0v) is 10.7. The Morgan fingerprint density at radius 1 is 1.32 bits per heavy atom. The van der Waals surface area contributed by atoms with Crippen LogP contribution in [0.4, 0.5) is 8.78 Å². The van der Waals surface area contributed by atoms with Crippen molar-refractivity contribution in [3.8, 4) is 0 Å². The van der Waals surface area contributed by atoms with Gasteiger partial charge in [-0.05, 0) is 24.1 Å². The predicted molar refractivity (Wildman–Crippen MR) is 66.3 cm³/mol. The van der Waals surface area contributed by atoms with E-state index in [2.05, 4.69) is 5.32 Å². The fourth-order valence-corrected chi connectivity index (χ4v) is 1.59. The SMILES string of the molecule is CC[C@H](C)[C@@H](NC(=O)c1ccc(F)c(F)c1)C(N)=O. The van der Waals surface area contributed by atoms with Gasteiger partial charge in [-0.2, -0.15) is 0 Å². The van der Waals surface area contributed by atoms with Crippen LogP contribution in [0.15, 0.2) is 18.2 Å². The van der Waals surface area contributed by atoms with Gasteiger partial charge in [0, 0.05) is 5.56 Å². The number of hydrogen-bond acceptors (Lipinski definition) is 2. The molecule has 0 saturated carbocycles. The van der Waals surface area contributed by atoms with E-state index in [4.69, 9.17) is 5.73 Å². The van der Waals surface area contributed by atoms with Gasteiger partial charge in [0.2, 0.25) is 5.91 Å². The van der Waals surface area contributed by atoms with E-state index in [1.165, 1.54) is 0 Å². The highest BCUT2D eigenvalue weighted by Gasteiger charge is 2.24. The van der Waals surface area contributed by atoms with Gasteiger partial charge >= 0.3 is 0 Å². The summed E-state index contributed by atoms with van der Waals surface area (Å²) in [6.45, 7) is 3.62. The smallest absolute Gasteiger partial charge is 0.252 e. The summed E-state index contributed by atoms with van der Waals surface area (Å²) in [4.78, 5) is 23.1. The number of nitrogens with one attached hydrogen (secondary N) is 1. The molecule has 0 spiro atoms. The largest absolute Gasteiger partial charge is 0.368 e. The molecular formula is C13H16F2N2O2. The van der Waals surface area contributed by atoms with Crippen LogP contribution in [0.3, 0.4) is 0 Å². The molecule has 0 aromatic heterocycles. The molecule has 1 rings (SSSR count). The molecule has 0 unspecified atom stereocenters. The second-order valence-electron chi connectivity index (χ2n) is 4.37. The quantitative estimate of drug-likeness (QED) is 0.853. The number of rotatable bonds is 5. The third-order valence-electron chi connectivity index (χ3n) is 2.99. The molecule has 1 aromatic carbocycles. The van der Waals surface area contributed by atoms with E-state index in [9.17, 15) is 18.4 Å². The minimum absolute atomic E-state index is 0.0616. The molecule has 104 valence electrons. The second-order valence-corrected chi connectivity index (χ2v) is 4.37. The van der Waals surface area contributed by atoms with Crippen LogP contribution in [0.25, 0.3) is 0 Å². The molecule has 0 saturated heterocycles. The average Bonchev–Trinajstić information content (AvgIpc) is 2.37. The molecule has 0 fully saturated rings. The standard InChI is InChI=1S/C13H16F2N2O2/c1-3-7(2)11(12(16)18)17-13(19)8-4-5-9(14)10(15)6-8/h4-7,11H,3H2,1-2H3,(H2,16,18)(H,17,19)/t7-,11+/m0/s1. The maximum atomic E-state index is 13.0. The molecule has 6 heteroatoms. The summed E-state index contributed by atoms with van der Waals surface area (Å²) in [6.07, 6.45) is 0.645. The third-order valence-corrected chi connectivity index (χ3v) is 2.99. The molecule has 2 amide bonds. The lowest BCUT2D eigenvalue weighted by Gasteiger charge is -2.21. The maximum absolute atomic E-state index is 13.0. The van der Waals surface area contributed by atoms with Gasteiger partial charge in [-0.15, -0.1) is 0 Å². The topological polar surface area (TPSA) is 72.2 Å². The lowest BCUT2D eigenvalue weighted by atomic mass is 9.98. The van der Waals surface area contributed by atoms with Crippen LogP contribution in [-0.2, 0) is 4.79 Å². The second kappa shape index (κ2) is 6.26. The molecule has 0 aliphatic heterocycles. The van der Waals surface area contributed by atoms with E-state index < -0.39 is 29.5 Å². The maximum Gasteiger partial charge on any atom is 0.252 e. The fraction of sp³-hybridized carbons (Fsp3) is 0.385. The highest BCUT2D eigenvalue weighted by atomic mass is 19.2. The van der Waals surface area contributed by atoms with E-state index in [1.54, 1.807) is 6.92 Å². The van der Waals surface area contributed by atoms with E-state index in [-0.39, 0.29) is 11.5 Å². The highest BCUT2D eigenvalue weighted by Crippen LogP contribution is 2.11. The van der Waals surface area contributed by atoms with Crippen molar-refractivity contribution in [1.82, 2.24) is 5.32 Å². The number of benzene rings is 1. The molecule has 4 nitrogen and oxygen atoms in total. The number of carbonyl (C=O) groups is 2. The summed E-state index contributed by atoms with van der Waals surface area (Å²) in [6, 6.07) is 1.93. The van der Waals surface area contributed by atoms with Crippen LogP contribution in [-0.4, -0.2) is 17.9 Å². The number of hydrogen-bond donors (Lipinski definition) is 2. The third kappa shape index (κ3) is 3.74. The lowest BCUT2D eigenvalue weighted by molar-refractivity contribution is -0.120. The van der Waals surface area contributed by atoms with Crippen molar-refractivity contribution in [3.63, 3.8) is 0 Å². The van der Waals surface area contributed by atoms with E-state index in [0.29, 0.717) is 6.42 Å². The number of amides is 2. The minimum atomic E-state index is -1.12. The van der Waals surface area contributed by atoms with Crippen molar-refractivity contribution in [1.29, 1.82) is 0 Å². The van der Waals surface area contributed by atoms with Gasteiger partial charge in [-0.3, -0.25) is 9.59 Å². The molecular weight excluding hydrogens is 254 g/mol. The molecule has 19 heavy (non-hydrogen) atoms. The monoisotopic (exact) mass is 270 g/mol. The summed E-state index contributed by atoms with van der Waals surface area (Å²) in [5.74, 6) is -3.63. The van der Waals surface area contributed by atoms with E-state index in [1.807, 2.05) is 6.92 Å². The first-order valence-electron chi connectivity index (χ1n) is 5.92. The van der Waals surface area contributed by atoms with Gasteiger partial charge in [-0.25, -0.2) is 8.78 Å². The Morgan fingerprint density at radius 2 is 1.95 bits per heavy atom. The van der Waals surface area contributed by atoms with Crippen molar-refractivity contribution in [3.05, 3.63) is 35.4 Å². The summed E-state index contributed by atoms with van der Waals surface area (Å²) < 4.78 is 25.8. The van der Waals surface area contributed by atoms with Crippen LogP contribution >= 0.6 is 0 Å². The zero-order chi connectivity index (χ0) is 14.6. The van der Waals surface area contributed by atoms with Crippen molar-refractivity contribution < 1.29 is 18.4 Å². The first kappa shape index (κ1) is 15.1. The molecule has 0 bridgehead atoms. The van der Waals surface area contributed by atoms with E-state index in [0.717, 1.165) is 18.2 Å². The van der Waals surface area contributed by atoms with Crippen LogP contribution < -0.4 is 11.1 Å². The van der Waals surface area contributed by atoms with Gasteiger partial charge in [0.1, 0.15) is 6.04 Å². The summed E-state index contributed by atoms with van der Waals surface area (Å²) in [5.41, 5.74) is 5.14. The van der Waals surface area contributed by atoms with Crippen molar-refractivity contribution in [2.75, 3.05) is 0 Å². The summed E-state index contributed by atoms with van der Waals surface area (Å²) >= 11 is 0. The van der Waals surface area contributed by atoms with E-state index >= 15 is 0 Å². The molecule has 3 N–H and O–H groups in total. The number of nitrogens with two attached hydrogens (primary N) is 1. The number of carbonyl (C=O) groups excluding carboxylic acids is 2. The molecule has 0 heterocycles. The normalized spacial score (nSPS) is 13.7. The van der Waals surface area contributed by atoms with Crippen LogP contribution in [0.5, 0.6) is 0 Å². The van der Waals surface area contributed by atoms with Gasteiger partial charge in [-0.1, -0.05) is 20.3 Å². The van der Waals surface area contributed by atoms with Gasteiger partial charge in [0.25, 0.3) is 5.91 Å². The average molecular weight is 270 g/mol. The number of halogens is 2. The Hall–Kier alpha value is -1.98. The first-order chi connectivity index (χ1) is 8.86. The lowest BCUT2D eigenvalue weighted by Crippen LogP contribution is -2.48. The molecule has 0 radical (unpaired) electrons. The Morgan fingerprint density at radius 3 is 2.42 bits per heavy atom. The fourth-order valence-electron chi connectivity index (χ4n) is 1.59. The molecule has 1 aromatic rings. The number of primary amides is 1. The summed E-state index contributed by atoms with van der Waals surface area (Å²) in [7, 11) is 0. The Bertz CT molecular complexity index is 492. The Balaban J connectivity index is 2.87. The first-order valence-corrected chi connectivity index (χ1v) is 5.92. The summed E-state index contributed by atoms with van der Waals surface area (Å²) in [5, 5.41) is 2.43. The Labute approximate surface area is 110 Å². The zero-order valence-electron chi connectivity index (χ0n) is 10.7.